The summed E-state index contributed by atoms with van der Waals surface area (Å²) in [7, 11) is 2.09. The van der Waals surface area contributed by atoms with Crippen LogP contribution in [0.2, 0.25) is 0 Å². The summed E-state index contributed by atoms with van der Waals surface area (Å²) >= 11 is 0. The van der Waals surface area contributed by atoms with Crippen molar-refractivity contribution < 1.29 is 5.11 Å². The van der Waals surface area contributed by atoms with Gasteiger partial charge in [-0.2, -0.15) is 0 Å². The summed E-state index contributed by atoms with van der Waals surface area (Å²) in [5, 5.41) is 11.3. The Hall–Kier alpha value is -2.57. The van der Waals surface area contributed by atoms with Gasteiger partial charge in [0.15, 0.2) is 0 Å². The SMILES string of the molecule is Cc1ccc2nc(N3CCC[C@@H](O)C3)c(CN(C)Cc3cnccn3)cc2c1. The highest BCUT2D eigenvalue weighted by Gasteiger charge is 2.22. The molecule has 1 aliphatic rings. The fourth-order valence-corrected chi connectivity index (χ4v) is 3.90. The summed E-state index contributed by atoms with van der Waals surface area (Å²) < 4.78 is 0. The van der Waals surface area contributed by atoms with Gasteiger partial charge in [0.25, 0.3) is 0 Å². The highest BCUT2D eigenvalue weighted by molar-refractivity contribution is 5.82. The van der Waals surface area contributed by atoms with Crippen molar-refractivity contribution in [1.82, 2.24) is 19.9 Å². The number of hydrogen-bond donors (Lipinski definition) is 1. The molecule has 0 amide bonds. The van der Waals surface area contributed by atoms with Crippen LogP contribution in [0.15, 0.2) is 42.9 Å². The maximum atomic E-state index is 10.2. The molecule has 0 bridgehead atoms. The second-order valence-electron chi connectivity index (χ2n) is 7.78. The molecule has 0 aliphatic carbocycles. The average molecular weight is 377 g/mol. The minimum absolute atomic E-state index is 0.283. The highest BCUT2D eigenvalue weighted by atomic mass is 16.3. The molecule has 146 valence electrons. The average Bonchev–Trinajstić information content (AvgIpc) is 2.68. The lowest BCUT2D eigenvalue weighted by atomic mass is 10.1. The maximum Gasteiger partial charge on any atom is 0.133 e. The van der Waals surface area contributed by atoms with Crippen LogP contribution in [-0.2, 0) is 13.1 Å². The van der Waals surface area contributed by atoms with Crippen LogP contribution < -0.4 is 4.90 Å². The predicted molar refractivity (Wildman–Crippen MR) is 111 cm³/mol. The van der Waals surface area contributed by atoms with Gasteiger partial charge in [0, 0.05) is 55.7 Å². The van der Waals surface area contributed by atoms with Crippen molar-refractivity contribution in [3.8, 4) is 0 Å². The molecule has 0 unspecified atom stereocenters. The monoisotopic (exact) mass is 377 g/mol. The van der Waals surface area contributed by atoms with Gasteiger partial charge in [-0.25, -0.2) is 4.98 Å². The van der Waals surface area contributed by atoms with Crippen LogP contribution in [-0.4, -0.2) is 51.2 Å². The van der Waals surface area contributed by atoms with E-state index in [0.717, 1.165) is 54.9 Å². The maximum absolute atomic E-state index is 10.2. The number of rotatable bonds is 5. The zero-order valence-corrected chi connectivity index (χ0v) is 16.5. The first-order valence-corrected chi connectivity index (χ1v) is 9.85. The van der Waals surface area contributed by atoms with Crippen molar-refractivity contribution in [3.05, 3.63) is 59.7 Å². The van der Waals surface area contributed by atoms with E-state index in [4.69, 9.17) is 4.98 Å². The third-order valence-electron chi connectivity index (χ3n) is 5.21. The molecule has 6 heteroatoms. The molecular formula is C22H27N5O. The van der Waals surface area contributed by atoms with E-state index in [9.17, 15) is 5.11 Å². The van der Waals surface area contributed by atoms with Crippen LogP contribution in [0.4, 0.5) is 5.82 Å². The molecule has 2 aromatic heterocycles. The first kappa shape index (κ1) is 18.8. The summed E-state index contributed by atoms with van der Waals surface area (Å²) in [5.41, 5.74) is 4.36. The number of pyridine rings is 1. The molecule has 1 aliphatic heterocycles. The predicted octanol–water partition coefficient (Wildman–Crippen LogP) is 2.93. The number of piperidine rings is 1. The molecule has 0 radical (unpaired) electrons. The normalized spacial score (nSPS) is 17.4. The van der Waals surface area contributed by atoms with Gasteiger partial charge in [0.1, 0.15) is 5.82 Å². The number of aromatic nitrogens is 3. The molecule has 1 fully saturated rings. The van der Waals surface area contributed by atoms with E-state index in [1.165, 1.54) is 11.1 Å². The lowest BCUT2D eigenvalue weighted by Gasteiger charge is -2.33. The van der Waals surface area contributed by atoms with E-state index in [0.29, 0.717) is 6.54 Å². The number of aryl methyl sites for hydroxylation is 1. The quantitative estimate of drug-likeness (QED) is 0.738. The first-order chi connectivity index (χ1) is 13.6. The van der Waals surface area contributed by atoms with Gasteiger partial charge >= 0.3 is 0 Å². The summed E-state index contributed by atoms with van der Waals surface area (Å²) in [6.45, 7) is 5.17. The van der Waals surface area contributed by atoms with Gasteiger partial charge in [-0.05, 0) is 45.0 Å². The van der Waals surface area contributed by atoms with Gasteiger partial charge in [-0.15, -0.1) is 0 Å². The van der Waals surface area contributed by atoms with Crippen LogP contribution in [0.25, 0.3) is 10.9 Å². The van der Waals surface area contributed by atoms with E-state index >= 15 is 0 Å². The number of β-amino-alcohol motifs (C(OH)–C–C–N with tert-alkyl or cyclic N) is 1. The number of aliphatic hydroxyl groups excluding tert-OH is 1. The Bertz CT molecular complexity index is 946. The number of anilines is 1. The van der Waals surface area contributed by atoms with Crippen LogP contribution >= 0.6 is 0 Å². The Morgan fingerprint density at radius 3 is 2.89 bits per heavy atom. The van der Waals surface area contributed by atoms with E-state index in [-0.39, 0.29) is 6.10 Å². The molecule has 3 heterocycles. The van der Waals surface area contributed by atoms with Crippen molar-refractivity contribution in [2.75, 3.05) is 25.0 Å². The standard InChI is InChI=1S/C22H27N5O/c1-16-5-6-21-17(10-16)11-18(13-26(2)14-19-12-23-7-8-24-19)22(25-21)27-9-3-4-20(28)15-27/h5-8,10-12,20,28H,3-4,9,13-15H2,1-2H3/t20-/m1/s1. The third-order valence-corrected chi connectivity index (χ3v) is 5.21. The molecule has 1 N–H and O–H groups in total. The molecule has 6 nitrogen and oxygen atoms in total. The van der Waals surface area contributed by atoms with E-state index < -0.39 is 0 Å². The van der Waals surface area contributed by atoms with Gasteiger partial charge in [-0.1, -0.05) is 11.6 Å². The van der Waals surface area contributed by atoms with Crippen molar-refractivity contribution in [2.45, 2.75) is 39.0 Å². The smallest absolute Gasteiger partial charge is 0.133 e. The van der Waals surface area contributed by atoms with Crippen molar-refractivity contribution in [3.63, 3.8) is 0 Å². The Balaban J connectivity index is 1.66. The van der Waals surface area contributed by atoms with Gasteiger partial charge < -0.3 is 10.0 Å². The molecule has 28 heavy (non-hydrogen) atoms. The minimum Gasteiger partial charge on any atom is -0.391 e. The minimum atomic E-state index is -0.283. The second kappa shape index (κ2) is 8.20. The van der Waals surface area contributed by atoms with Crippen molar-refractivity contribution >= 4 is 16.7 Å². The van der Waals surface area contributed by atoms with Crippen LogP contribution in [0.5, 0.6) is 0 Å². The van der Waals surface area contributed by atoms with E-state index in [1.54, 1.807) is 18.6 Å². The van der Waals surface area contributed by atoms with Gasteiger partial charge in [-0.3, -0.25) is 14.9 Å². The summed E-state index contributed by atoms with van der Waals surface area (Å²) in [6.07, 6.45) is 6.80. The topological polar surface area (TPSA) is 65.4 Å². The zero-order valence-electron chi connectivity index (χ0n) is 16.5. The number of aliphatic hydroxyl groups is 1. The molecule has 1 aromatic carbocycles. The summed E-state index contributed by atoms with van der Waals surface area (Å²) in [4.78, 5) is 18.0. The number of nitrogens with zero attached hydrogens (tertiary/aromatic N) is 5. The largest absolute Gasteiger partial charge is 0.391 e. The molecule has 1 atom stereocenters. The van der Waals surface area contributed by atoms with Crippen molar-refractivity contribution in [1.29, 1.82) is 0 Å². The molecule has 0 saturated carbocycles. The molecular weight excluding hydrogens is 350 g/mol. The number of fused-ring (bicyclic) bond motifs is 1. The van der Waals surface area contributed by atoms with Crippen LogP contribution in [0.1, 0.15) is 29.7 Å². The fourth-order valence-electron chi connectivity index (χ4n) is 3.90. The second-order valence-corrected chi connectivity index (χ2v) is 7.78. The lowest BCUT2D eigenvalue weighted by molar-refractivity contribution is 0.153. The Morgan fingerprint density at radius 2 is 2.11 bits per heavy atom. The molecule has 3 aromatic rings. The molecule has 4 rings (SSSR count). The third kappa shape index (κ3) is 4.29. The first-order valence-electron chi connectivity index (χ1n) is 9.85. The van der Waals surface area contributed by atoms with E-state index in [2.05, 4.69) is 58.0 Å². The summed E-state index contributed by atoms with van der Waals surface area (Å²) in [5.74, 6) is 0.987. The fraction of sp³-hybridized carbons (Fsp3) is 0.409. The number of hydrogen-bond acceptors (Lipinski definition) is 6. The highest BCUT2D eigenvalue weighted by Crippen LogP contribution is 2.28. The summed E-state index contributed by atoms with van der Waals surface area (Å²) in [6, 6.07) is 8.62. The Kier molecular flexibility index (Phi) is 5.50. The zero-order chi connectivity index (χ0) is 19.5. The van der Waals surface area contributed by atoms with E-state index in [1.807, 2.05) is 0 Å². The van der Waals surface area contributed by atoms with Gasteiger partial charge in [0.05, 0.1) is 17.3 Å². The molecule has 1 saturated heterocycles. The Labute approximate surface area is 165 Å². The van der Waals surface area contributed by atoms with Crippen LogP contribution in [0, 0.1) is 6.92 Å². The van der Waals surface area contributed by atoms with Crippen LogP contribution in [0.3, 0.4) is 0 Å². The van der Waals surface area contributed by atoms with Crippen molar-refractivity contribution in [2.24, 2.45) is 0 Å². The lowest BCUT2D eigenvalue weighted by Crippen LogP contribution is -2.39. The van der Waals surface area contributed by atoms with Gasteiger partial charge in [0.2, 0.25) is 0 Å². The number of benzene rings is 1. The Morgan fingerprint density at radius 1 is 1.21 bits per heavy atom. The molecule has 0 spiro atoms.